The van der Waals surface area contributed by atoms with Gasteiger partial charge in [0, 0.05) is 24.0 Å². The quantitative estimate of drug-likeness (QED) is 0.576. The Morgan fingerprint density at radius 1 is 1.27 bits per heavy atom. The van der Waals surface area contributed by atoms with Crippen molar-refractivity contribution in [3.05, 3.63) is 42.2 Å². The summed E-state index contributed by atoms with van der Waals surface area (Å²) >= 11 is 0. The first kappa shape index (κ1) is 21.3. The molecule has 0 bridgehead atoms. The van der Waals surface area contributed by atoms with Gasteiger partial charge < -0.3 is 24.9 Å². The van der Waals surface area contributed by atoms with Crippen LogP contribution in [0.2, 0.25) is 0 Å². The van der Waals surface area contributed by atoms with Crippen molar-refractivity contribution in [2.75, 3.05) is 37.4 Å². The van der Waals surface area contributed by atoms with Crippen LogP contribution in [0.4, 0.5) is 11.4 Å². The van der Waals surface area contributed by atoms with Crippen LogP contribution in [0.15, 0.2) is 36.5 Å². The number of benzene rings is 1. The van der Waals surface area contributed by atoms with Gasteiger partial charge in [-0.2, -0.15) is 0 Å². The van der Waals surface area contributed by atoms with E-state index in [1.807, 2.05) is 47.9 Å². The van der Waals surface area contributed by atoms with Gasteiger partial charge in [-0.3, -0.25) is 14.5 Å². The van der Waals surface area contributed by atoms with Gasteiger partial charge in [-0.1, -0.05) is 0 Å². The van der Waals surface area contributed by atoms with Gasteiger partial charge in [-0.15, -0.1) is 0 Å². The fourth-order valence-corrected chi connectivity index (χ4v) is 4.52. The number of hydrogen-bond donors (Lipinski definition) is 2. The summed E-state index contributed by atoms with van der Waals surface area (Å²) in [5, 5.41) is 2.87. The number of esters is 1. The second-order valence-electron chi connectivity index (χ2n) is 8.45. The van der Waals surface area contributed by atoms with Crippen LogP contribution >= 0.6 is 0 Å². The molecule has 3 N–H and O–H groups in total. The van der Waals surface area contributed by atoms with Crippen LogP contribution < -0.4 is 15.8 Å². The largest absolute Gasteiger partial charge is 0.482 e. The number of nitrogens with two attached hydrogens (primary N) is 1. The first-order chi connectivity index (χ1) is 16.0. The number of imidazole rings is 1. The van der Waals surface area contributed by atoms with Crippen LogP contribution in [-0.2, 0) is 20.9 Å². The predicted molar refractivity (Wildman–Crippen MR) is 124 cm³/mol. The van der Waals surface area contributed by atoms with Gasteiger partial charge in [0.1, 0.15) is 11.4 Å². The van der Waals surface area contributed by atoms with Crippen LogP contribution in [0.3, 0.4) is 0 Å². The Labute approximate surface area is 191 Å². The van der Waals surface area contributed by atoms with Crippen LogP contribution in [0, 0.1) is 5.92 Å². The number of carbonyl (C=O) groups is 2. The molecular weight excluding hydrogens is 422 g/mol. The summed E-state index contributed by atoms with van der Waals surface area (Å²) in [6.07, 6.45) is 3.43. The summed E-state index contributed by atoms with van der Waals surface area (Å²) in [7, 11) is 0. The topological polar surface area (TPSA) is 111 Å². The summed E-state index contributed by atoms with van der Waals surface area (Å²) in [6.45, 7) is 4.53. The van der Waals surface area contributed by atoms with Gasteiger partial charge in [0.05, 0.1) is 29.6 Å². The van der Waals surface area contributed by atoms with Crippen molar-refractivity contribution in [3.63, 3.8) is 0 Å². The molecule has 0 radical (unpaired) electrons. The number of amides is 1. The SMILES string of the molecule is CCOC(=O)C1CCN(Cc2c(-c3ccc4c(c3)NC(=O)CO4)nc3ccc(N)cn23)CC1. The van der Waals surface area contributed by atoms with Gasteiger partial charge in [-0.05, 0) is 63.2 Å². The Kier molecular flexibility index (Phi) is 5.63. The van der Waals surface area contributed by atoms with Crippen molar-refractivity contribution < 1.29 is 19.1 Å². The van der Waals surface area contributed by atoms with E-state index in [4.69, 9.17) is 20.2 Å². The maximum Gasteiger partial charge on any atom is 0.309 e. The zero-order chi connectivity index (χ0) is 22.9. The summed E-state index contributed by atoms with van der Waals surface area (Å²) in [6, 6.07) is 9.45. The second-order valence-corrected chi connectivity index (χ2v) is 8.45. The predicted octanol–water partition coefficient (Wildman–Crippen LogP) is 2.69. The Morgan fingerprint density at radius 2 is 2.09 bits per heavy atom. The van der Waals surface area contributed by atoms with E-state index in [1.165, 1.54) is 0 Å². The molecule has 2 aromatic heterocycles. The van der Waals surface area contributed by atoms with E-state index in [0.29, 0.717) is 30.3 Å². The normalized spacial score (nSPS) is 16.8. The highest BCUT2D eigenvalue weighted by molar-refractivity contribution is 5.96. The van der Waals surface area contributed by atoms with E-state index >= 15 is 0 Å². The third-order valence-corrected chi connectivity index (χ3v) is 6.21. The number of likely N-dealkylation sites (tertiary alicyclic amines) is 1. The number of aromatic nitrogens is 2. The van der Waals surface area contributed by atoms with E-state index < -0.39 is 0 Å². The Balaban J connectivity index is 1.46. The number of rotatable bonds is 5. The number of hydrogen-bond acceptors (Lipinski definition) is 7. The van der Waals surface area contributed by atoms with Gasteiger partial charge in [0.15, 0.2) is 6.61 Å². The van der Waals surface area contributed by atoms with Crippen LogP contribution in [0.5, 0.6) is 5.75 Å². The minimum absolute atomic E-state index is 0.0208. The molecule has 5 rings (SSSR count). The second kappa shape index (κ2) is 8.74. The molecule has 0 unspecified atom stereocenters. The Hall–Kier alpha value is -3.59. The zero-order valence-corrected chi connectivity index (χ0v) is 18.5. The fraction of sp³-hybridized carbons (Fsp3) is 0.375. The first-order valence-corrected chi connectivity index (χ1v) is 11.2. The molecule has 1 fully saturated rings. The first-order valence-electron chi connectivity index (χ1n) is 11.2. The van der Waals surface area contributed by atoms with E-state index in [9.17, 15) is 9.59 Å². The molecule has 4 heterocycles. The molecule has 0 atom stereocenters. The number of anilines is 2. The minimum Gasteiger partial charge on any atom is -0.482 e. The number of carbonyl (C=O) groups excluding carboxylic acids is 2. The van der Waals surface area contributed by atoms with Crippen LogP contribution in [0.25, 0.3) is 16.9 Å². The number of nitrogens with zero attached hydrogens (tertiary/aromatic N) is 3. The lowest BCUT2D eigenvalue weighted by atomic mass is 9.96. The number of nitrogen functional groups attached to an aromatic ring is 1. The summed E-state index contributed by atoms with van der Waals surface area (Å²) in [5.74, 6) is 0.336. The maximum atomic E-state index is 12.1. The third kappa shape index (κ3) is 4.23. The van der Waals surface area contributed by atoms with Crippen molar-refractivity contribution in [3.8, 4) is 17.0 Å². The van der Waals surface area contributed by atoms with Crippen molar-refractivity contribution in [1.82, 2.24) is 14.3 Å². The highest BCUT2D eigenvalue weighted by Gasteiger charge is 2.27. The summed E-state index contributed by atoms with van der Waals surface area (Å²) in [5.41, 5.74) is 10.9. The molecule has 1 saturated heterocycles. The standard InChI is InChI=1S/C24H27N5O4/c1-2-32-24(31)15-7-9-28(10-8-15)13-19-23(27-21-6-4-17(25)12-29(19)21)16-3-5-20-18(11-16)26-22(30)14-33-20/h3-6,11-12,15H,2,7-10,13-14,25H2,1H3,(H,26,30). The monoisotopic (exact) mass is 449 g/mol. The highest BCUT2D eigenvalue weighted by atomic mass is 16.5. The molecule has 1 amide bonds. The van der Waals surface area contributed by atoms with Crippen LogP contribution in [-0.4, -0.2) is 52.5 Å². The van der Waals surface area contributed by atoms with Crippen LogP contribution in [0.1, 0.15) is 25.5 Å². The van der Waals surface area contributed by atoms with Crippen molar-refractivity contribution >= 4 is 28.9 Å². The maximum absolute atomic E-state index is 12.1. The molecule has 33 heavy (non-hydrogen) atoms. The van der Waals surface area contributed by atoms with Crippen molar-refractivity contribution in [1.29, 1.82) is 0 Å². The lowest BCUT2D eigenvalue weighted by Gasteiger charge is -2.30. The molecule has 172 valence electrons. The van der Waals surface area contributed by atoms with E-state index in [1.54, 1.807) is 0 Å². The lowest BCUT2D eigenvalue weighted by molar-refractivity contribution is -0.149. The molecule has 0 saturated carbocycles. The molecule has 2 aliphatic heterocycles. The van der Waals surface area contributed by atoms with Gasteiger partial charge in [-0.25, -0.2) is 4.98 Å². The van der Waals surface area contributed by atoms with Crippen molar-refractivity contribution in [2.24, 2.45) is 5.92 Å². The smallest absolute Gasteiger partial charge is 0.309 e. The highest BCUT2D eigenvalue weighted by Crippen LogP contribution is 2.35. The third-order valence-electron chi connectivity index (χ3n) is 6.21. The van der Waals surface area contributed by atoms with Crippen molar-refractivity contribution in [2.45, 2.75) is 26.3 Å². The molecule has 3 aromatic rings. The molecule has 0 spiro atoms. The molecule has 9 heteroatoms. The minimum atomic E-state index is -0.174. The summed E-state index contributed by atoms with van der Waals surface area (Å²) < 4.78 is 12.7. The number of ether oxygens (including phenoxy) is 2. The number of fused-ring (bicyclic) bond motifs is 2. The average Bonchev–Trinajstić information content (AvgIpc) is 3.16. The Bertz CT molecular complexity index is 1210. The van der Waals surface area contributed by atoms with Gasteiger partial charge in [0.25, 0.3) is 5.91 Å². The Morgan fingerprint density at radius 3 is 2.88 bits per heavy atom. The molecule has 2 aliphatic rings. The number of piperidine rings is 1. The van der Waals surface area contributed by atoms with Gasteiger partial charge in [0.2, 0.25) is 0 Å². The zero-order valence-electron chi connectivity index (χ0n) is 18.5. The number of nitrogens with one attached hydrogen (secondary N) is 1. The molecule has 1 aromatic carbocycles. The lowest BCUT2D eigenvalue weighted by Crippen LogP contribution is -2.36. The van der Waals surface area contributed by atoms with Gasteiger partial charge >= 0.3 is 5.97 Å². The average molecular weight is 450 g/mol. The molecule has 0 aliphatic carbocycles. The fourth-order valence-electron chi connectivity index (χ4n) is 4.52. The molecule has 9 nitrogen and oxygen atoms in total. The van der Waals surface area contributed by atoms with E-state index in [-0.39, 0.29) is 24.4 Å². The van der Waals surface area contributed by atoms with E-state index in [2.05, 4.69) is 10.2 Å². The number of pyridine rings is 1. The van der Waals surface area contributed by atoms with E-state index in [0.717, 1.165) is 48.5 Å². The summed E-state index contributed by atoms with van der Waals surface area (Å²) in [4.78, 5) is 31.1. The molecular formula is C24H27N5O4.